The first-order valence-electron chi connectivity index (χ1n) is 5.24. The van der Waals surface area contributed by atoms with Crippen LogP contribution in [0.3, 0.4) is 0 Å². The van der Waals surface area contributed by atoms with E-state index in [0.717, 1.165) is 6.42 Å². The second-order valence-electron chi connectivity index (χ2n) is 3.85. The van der Waals surface area contributed by atoms with E-state index in [1.54, 1.807) is 6.07 Å². The van der Waals surface area contributed by atoms with Gasteiger partial charge in [0.1, 0.15) is 6.04 Å². The number of carbonyl (C=O) groups excluding carboxylic acids is 1. The van der Waals surface area contributed by atoms with Gasteiger partial charge in [-0.1, -0.05) is 0 Å². The summed E-state index contributed by atoms with van der Waals surface area (Å²) < 4.78 is 0.584. The predicted molar refractivity (Wildman–Crippen MR) is 63.6 cm³/mol. The zero-order valence-electron chi connectivity index (χ0n) is 8.97. The van der Waals surface area contributed by atoms with Gasteiger partial charge in [-0.3, -0.25) is 9.78 Å². The van der Waals surface area contributed by atoms with Gasteiger partial charge in [-0.05, 0) is 34.8 Å². The Morgan fingerprint density at radius 2 is 2.29 bits per heavy atom. The van der Waals surface area contributed by atoms with Crippen LogP contribution >= 0.6 is 15.9 Å². The number of pyridine rings is 1. The van der Waals surface area contributed by atoms with E-state index >= 15 is 0 Å². The van der Waals surface area contributed by atoms with Crippen LogP contribution in [0.4, 0.5) is 0 Å². The molecule has 1 amide bonds. The van der Waals surface area contributed by atoms with E-state index in [2.05, 4.69) is 20.9 Å². The fourth-order valence-electron chi connectivity index (χ4n) is 1.97. The lowest BCUT2D eigenvalue weighted by Crippen LogP contribution is -2.40. The molecule has 0 bridgehead atoms. The quantitative estimate of drug-likeness (QED) is 0.899. The first-order valence-corrected chi connectivity index (χ1v) is 6.04. The maximum absolute atomic E-state index is 12.2. The summed E-state index contributed by atoms with van der Waals surface area (Å²) in [4.78, 5) is 28.5. The van der Waals surface area contributed by atoms with Crippen LogP contribution in [0.1, 0.15) is 23.2 Å². The lowest BCUT2D eigenvalue weighted by atomic mass is 10.2. The SMILES string of the molecule is O=C(O)[C@H]1CCCN1C(=O)c1ccncc1Br. The summed E-state index contributed by atoms with van der Waals surface area (Å²) in [5.41, 5.74) is 0.452. The Balaban J connectivity index is 2.26. The van der Waals surface area contributed by atoms with Gasteiger partial charge in [-0.15, -0.1) is 0 Å². The van der Waals surface area contributed by atoms with Crippen LogP contribution in [0.15, 0.2) is 22.9 Å². The van der Waals surface area contributed by atoms with Gasteiger partial charge < -0.3 is 10.0 Å². The second-order valence-corrected chi connectivity index (χ2v) is 4.70. The largest absolute Gasteiger partial charge is 0.480 e. The number of carboxylic acid groups (broad SMARTS) is 1. The molecule has 90 valence electrons. The minimum atomic E-state index is -0.943. The van der Waals surface area contributed by atoms with Gasteiger partial charge in [0.05, 0.1) is 5.56 Å². The van der Waals surface area contributed by atoms with Gasteiger partial charge in [0.2, 0.25) is 0 Å². The molecular weight excluding hydrogens is 288 g/mol. The summed E-state index contributed by atoms with van der Waals surface area (Å²) in [5.74, 6) is -1.20. The molecule has 17 heavy (non-hydrogen) atoms. The van der Waals surface area contributed by atoms with Crippen molar-refractivity contribution in [3.8, 4) is 0 Å². The molecule has 6 heteroatoms. The molecule has 1 aromatic heterocycles. The molecule has 1 aliphatic rings. The zero-order valence-corrected chi connectivity index (χ0v) is 10.6. The van der Waals surface area contributed by atoms with Crippen LogP contribution < -0.4 is 0 Å². The van der Waals surface area contributed by atoms with Crippen molar-refractivity contribution in [1.29, 1.82) is 0 Å². The number of aliphatic carboxylic acids is 1. The van der Waals surface area contributed by atoms with E-state index in [4.69, 9.17) is 5.11 Å². The van der Waals surface area contributed by atoms with Crippen LogP contribution in [0.5, 0.6) is 0 Å². The summed E-state index contributed by atoms with van der Waals surface area (Å²) in [5, 5.41) is 9.03. The van der Waals surface area contributed by atoms with Gasteiger partial charge in [-0.25, -0.2) is 4.79 Å². The third kappa shape index (κ3) is 2.31. The highest BCUT2D eigenvalue weighted by atomic mass is 79.9. The number of nitrogens with zero attached hydrogens (tertiary/aromatic N) is 2. The molecule has 2 rings (SSSR count). The standard InChI is InChI=1S/C11H11BrN2O3/c12-8-6-13-4-3-7(8)10(15)14-5-1-2-9(14)11(16)17/h3-4,6,9H,1-2,5H2,(H,16,17)/t9-/m1/s1. The number of likely N-dealkylation sites (tertiary alicyclic amines) is 1. The monoisotopic (exact) mass is 298 g/mol. The molecule has 0 radical (unpaired) electrons. The highest BCUT2D eigenvalue weighted by molar-refractivity contribution is 9.10. The summed E-state index contributed by atoms with van der Waals surface area (Å²) in [7, 11) is 0. The molecule has 0 saturated carbocycles. The lowest BCUT2D eigenvalue weighted by Gasteiger charge is -2.21. The molecule has 0 aliphatic carbocycles. The molecule has 1 fully saturated rings. The van der Waals surface area contributed by atoms with Crippen molar-refractivity contribution in [2.75, 3.05) is 6.54 Å². The minimum Gasteiger partial charge on any atom is -0.480 e. The smallest absolute Gasteiger partial charge is 0.326 e. The van der Waals surface area contributed by atoms with E-state index in [1.807, 2.05) is 0 Å². The Hall–Kier alpha value is -1.43. The molecule has 0 spiro atoms. The Kier molecular flexibility index (Phi) is 3.42. The van der Waals surface area contributed by atoms with Crippen LogP contribution in [0.25, 0.3) is 0 Å². The fourth-order valence-corrected chi connectivity index (χ4v) is 2.39. The molecule has 1 saturated heterocycles. The minimum absolute atomic E-state index is 0.260. The fraction of sp³-hybridized carbons (Fsp3) is 0.364. The molecule has 0 aromatic carbocycles. The number of rotatable bonds is 2. The number of carbonyl (C=O) groups is 2. The van der Waals surface area contributed by atoms with Gasteiger partial charge >= 0.3 is 5.97 Å². The Bertz CT molecular complexity index is 464. The number of halogens is 1. The summed E-state index contributed by atoms with van der Waals surface area (Å²) >= 11 is 3.24. The molecule has 1 aliphatic heterocycles. The maximum Gasteiger partial charge on any atom is 0.326 e. The van der Waals surface area contributed by atoms with Gasteiger partial charge in [0, 0.05) is 23.4 Å². The van der Waals surface area contributed by atoms with Crippen LogP contribution in [-0.2, 0) is 4.79 Å². The predicted octanol–water partition coefficient (Wildman–Crippen LogP) is 1.53. The first kappa shape index (κ1) is 12.0. The lowest BCUT2D eigenvalue weighted by molar-refractivity contribution is -0.141. The topological polar surface area (TPSA) is 70.5 Å². The van der Waals surface area contributed by atoms with E-state index < -0.39 is 12.0 Å². The van der Waals surface area contributed by atoms with E-state index in [0.29, 0.717) is 23.0 Å². The normalized spacial score (nSPS) is 19.4. The van der Waals surface area contributed by atoms with Gasteiger partial charge in [0.15, 0.2) is 0 Å². The van der Waals surface area contributed by atoms with Crippen LogP contribution in [-0.4, -0.2) is 39.5 Å². The van der Waals surface area contributed by atoms with E-state index in [9.17, 15) is 9.59 Å². The Labute approximate surface area is 107 Å². The van der Waals surface area contributed by atoms with Crippen molar-refractivity contribution in [2.45, 2.75) is 18.9 Å². The van der Waals surface area contributed by atoms with Crippen molar-refractivity contribution in [2.24, 2.45) is 0 Å². The molecule has 5 nitrogen and oxygen atoms in total. The van der Waals surface area contributed by atoms with E-state index in [-0.39, 0.29) is 5.91 Å². The molecule has 1 atom stereocenters. The Morgan fingerprint density at radius 3 is 2.94 bits per heavy atom. The molecule has 1 aromatic rings. The summed E-state index contributed by atoms with van der Waals surface area (Å²) in [6.07, 6.45) is 4.29. The first-order chi connectivity index (χ1) is 8.11. The number of aromatic nitrogens is 1. The van der Waals surface area contributed by atoms with Crippen molar-refractivity contribution >= 4 is 27.8 Å². The van der Waals surface area contributed by atoms with Crippen molar-refractivity contribution in [3.05, 3.63) is 28.5 Å². The van der Waals surface area contributed by atoms with Gasteiger partial charge in [0.25, 0.3) is 5.91 Å². The number of amides is 1. The second kappa shape index (κ2) is 4.83. The number of hydrogen-bond donors (Lipinski definition) is 1. The van der Waals surface area contributed by atoms with Crippen molar-refractivity contribution in [3.63, 3.8) is 0 Å². The average Bonchev–Trinajstić information content (AvgIpc) is 2.77. The molecular formula is C11H11BrN2O3. The number of hydrogen-bond acceptors (Lipinski definition) is 3. The summed E-state index contributed by atoms with van der Waals surface area (Å²) in [6, 6.07) is 0.881. The molecule has 0 unspecified atom stereocenters. The maximum atomic E-state index is 12.2. The third-order valence-corrected chi connectivity index (χ3v) is 3.43. The average molecular weight is 299 g/mol. The Morgan fingerprint density at radius 1 is 1.53 bits per heavy atom. The zero-order chi connectivity index (χ0) is 12.4. The van der Waals surface area contributed by atoms with Gasteiger partial charge in [-0.2, -0.15) is 0 Å². The molecule has 2 heterocycles. The molecule has 1 N–H and O–H groups in total. The summed E-state index contributed by atoms with van der Waals surface area (Å²) in [6.45, 7) is 0.491. The third-order valence-electron chi connectivity index (χ3n) is 2.80. The van der Waals surface area contributed by atoms with Crippen LogP contribution in [0, 0.1) is 0 Å². The van der Waals surface area contributed by atoms with Crippen molar-refractivity contribution < 1.29 is 14.7 Å². The van der Waals surface area contributed by atoms with E-state index in [1.165, 1.54) is 17.3 Å². The number of carboxylic acids is 1. The highest BCUT2D eigenvalue weighted by Crippen LogP contribution is 2.23. The van der Waals surface area contributed by atoms with Crippen LogP contribution in [0.2, 0.25) is 0 Å². The highest BCUT2D eigenvalue weighted by Gasteiger charge is 2.34. The van der Waals surface area contributed by atoms with Crippen molar-refractivity contribution in [1.82, 2.24) is 9.88 Å².